The van der Waals surface area contributed by atoms with Gasteiger partial charge in [-0.25, -0.2) is 0 Å². The quantitative estimate of drug-likeness (QED) is 0.632. The van der Waals surface area contributed by atoms with E-state index in [0.717, 1.165) is 21.3 Å². The number of nitrogens with two attached hydrogens (primary N) is 1. The van der Waals surface area contributed by atoms with Crippen molar-refractivity contribution in [1.82, 2.24) is 15.2 Å². The molecule has 0 radical (unpaired) electrons. The lowest BCUT2D eigenvalue weighted by Crippen LogP contribution is -2.29. The van der Waals surface area contributed by atoms with Crippen LogP contribution in [-0.4, -0.2) is 9.78 Å². The molecule has 0 saturated heterocycles. The average Bonchev–Trinajstić information content (AvgIpc) is 2.65. The highest BCUT2D eigenvalue weighted by atomic mass is 79.9. The average molecular weight is 378 g/mol. The molecule has 0 saturated carbocycles. The zero-order chi connectivity index (χ0) is 14.9. The molecular weight excluding hydrogens is 363 g/mol. The summed E-state index contributed by atoms with van der Waals surface area (Å²) in [7, 11) is 1.82. The minimum atomic E-state index is -0.0824. The van der Waals surface area contributed by atoms with Crippen molar-refractivity contribution >= 4 is 39.1 Å². The van der Waals surface area contributed by atoms with E-state index in [1.807, 2.05) is 32.2 Å². The fourth-order valence-corrected chi connectivity index (χ4v) is 2.80. The molecule has 0 bridgehead atoms. The third-order valence-corrected chi connectivity index (χ3v) is 4.93. The van der Waals surface area contributed by atoms with Crippen molar-refractivity contribution in [2.75, 3.05) is 0 Å². The van der Waals surface area contributed by atoms with Crippen molar-refractivity contribution < 1.29 is 0 Å². The zero-order valence-electron chi connectivity index (χ0n) is 11.1. The summed E-state index contributed by atoms with van der Waals surface area (Å²) in [5.41, 5.74) is 5.69. The molecule has 0 aliphatic heterocycles. The second-order valence-corrected chi connectivity index (χ2v) is 6.19. The number of hydrazine groups is 1. The summed E-state index contributed by atoms with van der Waals surface area (Å²) >= 11 is 15.8. The van der Waals surface area contributed by atoms with Gasteiger partial charge < -0.3 is 0 Å². The van der Waals surface area contributed by atoms with Gasteiger partial charge in [0.15, 0.2) is 0 Å². The van der Waals surface area contributed by atoms with Crippen LogP contribution in [0, 0.1) is 6.92 Å². The molecule has 0 aliphatic carbocycles. The van der Waals surface area contributed by atoms with E-state index in [1.165, 1.54) is 0 Å². The van der Waals surface area contributed by atoms with Crippen molar-refractivity contribution in [2.45, 2.75) is 19.4 Å². The molecule has 20 heavy (non-hydrogen) atoms. The molecule has 0 amide bonds. The van der Waals surface area contributed by atoms with Crippen LogP contribution in [0.1, 0.15) is 22.9 Å². The van der Waals surface area contributed by atoms with Crippen LogP contribution in [0.3, 0.4) is 0 Å². The van der Waals surface area contributed by atoms with Crippen LogP contribution >= 0.6 is 39.1 Å². The molecule has 1 aromatic carbocycles. The number of nitrogens with zero attached hydrogens (tertiary/aromatic N) is 2. The van der Waals surface area contributed by atoms with Gasteiger partial charge in [-0.2, -0.15) is 5.10 Å². The summed E-state index contributed by atoms with van der Waals surface area (Å²) in [6, 6.07) is 5.68. The Balaban J connectivity index is 2.31. The second kappa shape index (κ2) is 6.45. The molecule has 0 fully saturated rings. The summed E-state index contributed by atoms with van der Waals surface area (Å²) in [4.78, 5) is 0. The van der Waals surface area contributed by atoms with E-state index in [4.69, 9.17) is 29.0 Å². The third kappa shape index (κ3) is 3.18. The maximum atomic E-state index is 6.26. The predicted molar refractivity (Wildman–Crippen MR) is 85.9 cm³/mol. The Labute approximate surface area is 136 Å². The molecule has 0 aliphatic rings. The third-order valence-electron chi connectivity index (χ3n) is 3.23. The topological polar surface area (TPSA) is 55.9 Å². The van der Waals surface area contributed by atoms with Crippen LogP contribution in [0.5, 0.6) is 0 Å². The second-order valence-electron chi connectivity index (χ2n) is 4.58. The van der Waals surface area contributed by atoms with E-state index >= 15 is 0 Å². The van der Waals surface area contributed by atoms with Crippen LogP contribution in [0.4, 0.5) is 0 Å². The Kier molecular flexibility index (Phi) is 5.09. The van der Waals surface area contributed by atoms with Gasteiger partial charge in [0.25, 0.3) is 0 Å². The minimum absolute atomic E-state index is 0.0824. The number of hydrogen-bond donors (Lipinski definition) is 2. The van der Waals surface area contributed by atoms with E-state index < -0.39 is 0 Å². The van der Waals surface area contributed by atoms with Crippen LogP contribution < -0.4 is 11.3 Å². The molecule has 0 spiro atoms. The van der Waals surface area contributed by atoms with E-state index in [9.17, 15) is 0 Å². The van der Waals surface area contributed by atoms with Gasteiger partial charge in [0, 0.05) is 17.1 Å². The zero-order valence-corrected chi connectivity index (χ0v) is 14.2. The largest absolute Gasteiger partial charge is 0.271 e. The summed E-state index contributed by atoms with van der Waals surface area (Å²) in [5.74, 6) is 5.67. The molecule has 7 heteroatoms. The number of benzene rings is 1. The molecule has 108 valence electrons. The van der Waals surface area contributed by atoms with Crippen molar-refractivity contribution in [3.05, 3.63) is 49.7 Å². The Hall–Kier alpha value is -0.590. The van der Waals surface area contributed by atoms with Gasteiger partial charge >= 0.3 is 0 Å². The molecule has 3 N–H and O–H groups in total. The molecule has 2 aromatic rings. The van der Waals surface area contributed by atoms with E-state index in [-0.39, 0.29) is 6.04 Å². The van der Waals surface area contributed by atoms with Gasteiger partial charge in [0.1, 0.15) is 5.15 Å². The molecule has 1 heterocycles. The first-order valence-electron chi connectivity index (χ1n) is 6.03. The lowest BCUT2D eigenvalue weighted by molar-refractivity contribution is 0.551. The normalized spacial score (nSPS) is 12.7. The van der Waals surface area contributed by atoms with Crippen LogP contribution in [0.25, 0.3) is 0 Å². The number of nitrogens with one attached hydrogen (secondary N) is 1. The number of aromatic nitrogens is 2. The summed E-state index contributed by atoms with van der Waals surface area (Å²) in [5, 5.41) is 5.59. The van der Waals surface area contributed by atoms with Gasteiger partial charge in [0.05, 0.1) is 16.8 Å². The van der Waals surface area contributed by atoms with Gasteiger partial charge in [0.2, 0.25) is 0 Å². The highest BCUT2D eigenvalue weighted by molar-refractivity contribution is 9.10. The lowest BCUT2D eigenvalue weighted by Gasteiger charge is -2.17. The Bertz CT molecular complexity index is 627. The van der Waals surface area contributed by atoms with Gasteiger partial charge in [-0.3, -0.25) is 16.0 Å². The number of halogens is 3. The SMILES string of the molecule is Cc1nn(C)c(Cl)c1CC(NN)c1ccc(Br)c(Cl)c1. The summed E-state index contributed by atoms with van der Waals surface area (Å²) < 4.78 is 2.52. The van der Waals surface area contributed by atoms with Crippen molar-refractivity contribution in [3.8, 4) is 0 Å². The molecule has 1 atom stereocenters. The smallest absolute Gasteiger partial charge is 0.130 e. The summed E-state index contributed by atoms with van der Waals surface area (Å²) in [6.07, 6.45) is 0.646. The Morgan fingerprint density at radius 3 is 2.65 bits per heavy atom. The monoisotopic (exact) mass is 376 g/mol. The Morgan fingerprint density at radius 1 is 1.45 bits per heavy atom. The molecule has 1 aromatic heterocycles. The molecule has 1 unspecified atom stereocenters. The van der Waals surface area contributed by atoms with Crippen LogP contribution in [-0.2, 0) is 13.5 Å². The number of hydrogen-bond acceptors (Lipinski definition) is 3. The number of rotatable bonds is 4. The minimum Gasteiger partial charge on any atom is -0.271 e. The van der Waals surface area contributed by atoms with Crippen molar-refractivity contribution in [2.24, 2.45) is 12.9 Å². The molecule has 2 rings (SSSR count). The maximum absolute atomic E-state index is 6.26. The van der Waals surface area contributed by atoms with Gasteiger partial charge in [-0.05, 0) is 47.0 Å². The molecule has 4 nitrogen and oxygen atoms in total. The van der Waals surface area contributed by atoms with E-state index in [1.54, 1.807) is 4.68 Å². The first-order chi connectivity index (χ1) is 9.43. The van der Waals surface area contributed by atoms with Crippen molar-refractivity contribution in [3.63, 3.8) is 0 Å². The lowest BCUT2D eigenvalue weighted by atomic mass is 10.00. The number of aryl methyl sites for hydroxylation is 2. The Morgan fingerprint density at radius 2 is 2.15 bits per heavy atom. The fraction of sp³-hybridized carbons (Fsp3) is 0.308. The standard InChI is InChI=1S/C13H15BrCl2N4/c1-7-9(13(16)20(2)19-7)6-12(18-17)8-3-4-10(14)11(15)5-8/h3-5,12,18H,6,17H2,1-2H3. The predicted octanol–water partition coefficient (Wildman–Crippen LogP) is 3.54. The molecular formula is C13H15BrCl2N4. The first-order valence-corrected chi connectivity index (χ1v) is 7.58. The van der Waals surface area contributed by atoms with E-state index in [2.05, 4.69) is 26.5 Å². The highest BCUT2D eigenvalue weighted by Gasteiger charge is 2.18. The van der Waals surface area contributed by atoms with Gasteiger partial charge in [-0.1, -0.05) is 29.3 Å². The summed E-state index contributed by atoms with van der Waals surface area (Å²) in [6.45, 7) is 1.93. The van der Waals surface area contributed by atoms with Crippen molar-refractivity contribution in [1.29, 1.82) is 0 Å². The van der Waals surface area contributed by atoms with Crippen LogP contribution in [0.15, 0.2) is 22.7 Å². The fourth-order valence-electron chi connectivity index (χ4n) is 2.11. The van der Waals surface area contributed by atoms with E-state index in [0.29, 0.717) is 16.6 Å². The highest BCUT2D eigenvalue weighted by Crippen LogP contribution is 2.29. The van der Waals surface area contributed by atoms with Crippen LogP contribution in [0.2, 0.25) is 10.2 Å². The maximum Gasteiger partial charge on any atom is 0.130 e. The van der Waals surface area contributed by atoms with Gasteiger partial charge in [-0.15, -0.1) is 0 Å². The first kappa shape index (κ1) is 15.8.